The van der Waals surface area contributed by atoms with Crippen molar-refractivity contribution < 1.29 is 31.4 Å². The molecule has 0 N–H and O–H groups in total. The quantitative estimate of drug-likeness (QED) is 0.316. The molecule has 0 spiro atoms. The summed E-state index contributed by atoms with van der Waals surface area (Å²) in [7, 11) is 0. The smallest absolute Gasteiger partial charge is 0.387 e. The summed E-state index contributed by atoms with van der Waals surface area (Å²) in [6.45, 7) is -1.36. The zero-order chi connectivity index (χ0) is 20.5. The largest absolute Gasteiger partial charge is 0.432 e. The molecule has 1 aliphatic rings. The second-order valence-electron chi connectivity index (χ2n) is 7.18. The third-order valence-corrected chi connectivity index (χ3v) is 5.24. The van der Waals surface area contributed by atoms with E-state index in [4.69, 9.17) is 4.74 Å². The lowest BCUT2D eigenvalue weighted by molar-refractivity contribution is -0.102. The molecule has 28 heavy (non-hydrogen) atoms. The van der Waals surface area contributed by atoms with Gasteiger partial charge in [-0.15, -0.1) is 0 Å². The Kier molecular flexibility index (Phi) is 9.22. The summed E-state index contributed by atoms with van der Waals surface area (Å²) in [5.74, 6) is -1.23. The minimum Gasteiger partial charge on any atom is -0.432 e. The molecule has 2 rings (SSSR count). The summed E-state index contributed by atoms with van der Waals surface area (Å²) in [6, 6.07) is 3.35. The van der Waals surface area contributed by atoms with Crippen LogP contribution in [0.2, 0.25) is 0 Å². The van der Waals surface area contributed by atoms with E-state index in [-0.39, 0.29) is 12.5 Å². The number of halogens is 5. The lowest BCUT2D eigenvalue weighted by atomic mass is 9.77. The normalized spacial score (nSPS) is 21.6. The molecule has 0 radical (unpaired) electrons. The molecule has 1 saturated carbocycles. The number of rotatable bonds is 10. The van der Waals surface area contributed by atoms with Crippen LogP contribution in [-0.2, 0) is 11.3 Å². The Bertz CT molecular complexity index is 613. The number of benzene rings is 1. The van der Waals surface area contributed by atoms with Gasteiger partial charge in [-0.1, -0.05) is 31.1 Å². The van der Waals surface area contributed by atoms with Crippen LogP contribution in [0.3, 0.4) is 0 Å². The fourth-order valence-corrected chi connectivity index (χ4v) is 3.74. The van der Waals surface area contributed by atoms with E-state index >= 15 is 0 Å². The number of ether oxygens (including phenoxy) is 2. The third kappa shape index (κ3) is 7.08. The molecule has 1 aromatic rings. The van der Waals surface area contributed by atoms with Gasteiger partial charge in [0.25, 0.3) is 6.43 Å². The summed E-state index contributed by atoms with van der Waals surface area (Å²) in [5, 5.41) is 0. The Balaban J connectivity index is 1.87. The zero-order valence-corrected chi connectivity index (χ0v) is 15.9. The highest BCUT2D eigenvalue weighted by atomic mass is 19.3. The van der Waals surface area contributed by atoms with Crippen molar-refractivity contribution in [3.8, 4) is 5.75 Å². The number of hydrogen-bond donors (Lipinski definition) is 0. The molecule has 1 aliphatic carbocycles. The fourth-order valence-electron chi connectivity index (χ4n) is 3.74. The Morgan fingerprint density at radius 1 is 1.11 bits per heavy atom. The highest BCUT2D eigenvalue weighted by molar-refractivity contribution is 5.29. The van der Waals surface area contributed by atoms with Crippen LogP contribution in [0.15, 0.2) is 30.4 Å². The lowest BCUT2D eigenvalue weighted by Crippen LogP contribution is -2.34. The zero-order valence-electron chi connectivity index (χ0n) is 15.9. The van der Waals surface area contributed by atoms with Crippen LogP contribution < -0.4 is 4.74 Å². The van der Waals surface area contributed by atoms with Gasteiger partial charge in [-0.2, -0.15) is 8.78 Å². The Hall–Kier alpha value is -1.63. The molecular formula is C21H27F5O2. The van der Waals surface area contributed by atoms with Gasteiger partial charge in [0.05, 0.1) is 6.61 Å². The Morgan fingerprint density at radius 3 is 2.39 bits per heavy atom. The predicted molar refractivity (Wildman–Crippen MR) is 97.1 cm³/mol. The minimum atomic E-state index is -3.13. The number of allylic oxidation sites excluding steroid dienone is 2. The van der Waals surface area contributed by atoms with Crippen molar-refractivity contribution in [2.75, 3.05) is 0 Å². The topological polar surface area (TPSA) is 18.5 Å². The first-order valence-electron chi connectivity index (χ1n) is 9.64. The van der Waals surface area contributed by atoms with Crippen LogP contribution in [0.5, 0.6) is 5.75 Å². The van der Waals surface area contributed by atoms with E-state index in [1.165, 1.54) is 6.07 Å². The summed E-state index contributed by atoms with van der Waals surface area (Å²) < 4.78 is 74.5. The van der Waals surface area contributed by atoms with Crippen LogP contribution in [0, 0.1) is 17.7 Å². The molecule has 1 fully saturated rings. The van der Waals surface area contributed by atoms with E-state index in [1.807, 2.05) is 13.0 Å². The molecule has 1 unspecified atom stereocenters. The van der Waals surface area contributed by atoms with Gasteiger partial charge in [0.2, 0.25) is 0 Å². The van der Waals surface area contributed by atoms with Crippen molar-refractivity contribution in [2.24, 2.45) is 11.8 Å². The van der Waals surface area contributed by atoms with Crippen molar-refractivity contribution in [1.82, 2.24) is 0 Å². The average molecular weight is 406 g/mol. The van der Waals surface area contributed by atoms with Crippen molar-refractivity contribution in [3.05, 3.63) is 41.7 Å². The standard InChI is InChI=1S/C21H27F5O2/c1-2-3-4-5-14-6-9-16(10-7-14)19(20(23)24)27-13-15-8-11-18(17(22)12-15)28-21(25)26/h2-3,8,11-12,14,16,19-21H,4-7,9-10,13H2,1H3/b3-2+. The first-order valence-corrected chi connectivity index (χ1v) is 9.64. The Morgan fingerprint density at radius 2 is 1.82 bits per heavy atom. The van der Waals surface area contributed by atoms with Crippen LogP contribution in [0.25, 0.3) is 0 Å². The molecule has 1 aromatic carbocycles. The summed E-state index contributed by atoms with van der Waals surface area (Å²) >= 11 is 0. The molecule has 0 heterocycles. The molecule has 0 amide bonds. The second kappa shape index (κ2) is 11.4. The first kappa shape index (κ1) is 22.7. The van der Waals surface area contributed by atoms with Gasteiger partial charge in [0.1, 0.15) is 6.10 Å². The van der Waals surface area contributed by atoms with Gasteiger partial charge in [0.15, 0.2) is 11.6 Å². The van der Waals surface area contributed by atoms with E-state index in [0.29, 0.717) is 24.3 Å². The van der Waals surface area contributed by atoms with Crippen molar-refractivity contribution in [2.45, 2.75) is 71.2 Å². The van der Waals surface area contributed by atoms with E-state index < -0.39 is 30.7 Å². The molecule has 1 atom stereocenters. The molecule has 0 bridgehead atoms. The van der Waals surface area contributed by atoms with Crippen LogP contribution in [0.1, 0.15) is 51.0 Å². The summed E-state index contributed by atoms with van der Waals surface area (Å²) in [6.07, 6.45) is 5.56. The second-order valence-corrected chi connectivity index (χ2v) is 7.18. The molecule has 2 nitrogen and oxygen atoms in total. The van der Waals surface area contributed by atoms with Crippen LogP contribution in [-0.4, -0.2) is 19.1 Å². The van der Waals surface area contributed by atoms with Crippen LogP contribution in [0.4, 0.5) is 22.0 Å². The molecular weight excluding hydrogens is 379 g/mol. The lowest BCUT2D eigenvalue weighted by Gasteiger charge is -2.33. The van der Waals surface area contributed by atoms with Gasteiger partial charge < -0.3 is 9.47 Å². The average Bonchev–Trinajstić information content (AvgIpc) is 2.65. The van der Waals surface area contributed by atoms with E-state index in [0.717, 1.165) is 37.8 Å². The molecule has 0 aromatic heterocycles. The van der Waals surface area contributed by atoms with Gasteiger partial charge in [-0.3, -0.25) is 0 Å². The molecule has 0 aliphatic heterocycles. The maximum Gasteiger partial charge on any atom is 0.387 e. The molecule has 0 saturated heterocycles. The van der Waals surface area contributed by atoms with Gasteiger partial charge in [-0.25, -0.2) is 13.2 Å². The van der Waals surface area contributed by atoms with Gasteiger partial charge in [0, 0.05) is 0 Å². The predicted octanol–water partition coefficient (Wildman–Crippen LogP) is 6.74. The van der Waals surface area contributed by atoms with E-state index in [2.05, 4.69) is 10.8 Å². The minimum absolute atomic E-state index is 0.206. The first-order chi connectivity index (χ1) is 13.4. The maximum atomic E-state index is 13.8. The summed E-state index contributed by atoms with van der Waals surface area (Å²) in [5.41, 5.74) is 0.296. The van der Waals surface area contributed by atoms with E-state index in [9.17, 15) is 22.0 Å². The van der Waals surface area contributed by atoms with Gasteiger partial charge >= 0.3 is 6.61 Å². The highest BCUT2D eigenvalue weighted by Gasteiger charge is 2.33. The van der Waals surface area contributed by atoms with Crippen molar-refractivity contribution in [3.63, 3.8) is 0 Å². The fraction of sp³-hybridized carbons (Fsp3) is 0.619. The molecule has 7 heteroatoms. The van der Waals surface area contributed by atoms with E-state index in [1.54, 1.807) is 0 Å². The highest BCUT2D eigenvalue weighted by Crippen LogP contribution is 2.36. The Labute approximate surface area is 162 Å². The third-order valence-electron chi connectivity index (χ3n) is 5.24. The maximum absolute atomic E-state index is 13.8. The van der Waals surface area contributed by atoms with Crippen molar-refractivity contribution >= 4 is 0 Å². The van der Waals surface area contributed by atoms with Gasteiger partial charge in [-0.05, 0) is 62.1 Å². The summed E-state index contributed by atoms with van der Waals surface area (Å²) in [4.78, 5) is 0. The number of hydrogen-bond acceptors (Lipinski definition) is 2. The molecule has 158 valence electrons. The SMILES string of the molecule is C/C=C/CCC1CCC(C(OCc2ccc(OC(F)F)c(F)c2)C(F)F)CC1. The number of alkyl halides is 4. The van der Waals surface area contributed by atoms with Crippen molar-refractivity contribution in [1.29, 1.82) is 0 Å². The monoisotopic (exact) mass is 406 g/mol. The van der Waals surface area contributed by atoms with Crippen LogP contribution >= 0.6 is 0 Å².